The van der Waals surface area contributed by atoms with E-state index >= 15 is 0 Å². The molecule has 0 aromatic carbocycles. The lowest BCUT2D eigenvalue weighted by Gasteiger charge is -2.61. The van der Waals surface area contributed by atoms with Crippen molar-refractivity contribution >= 4 is 6.03 Å². The first-order chi connectivity index (χ1) is 10.7. The Hall–Kier alpha value is -0.810. The van der Waals surface area contributed by atoms with E-state index in [1.165, 1.54) is 19.3 Å². The molecule has 124 valence electrons. The van der Waals surface area contributed by atoms with E-state index in [2.05, 4.69) is 12.2 Å². The van der Waals surface area contributed by atoms with E-state index in [1.54, 1.807) is 0 Å². The first kappa shape index (κ1) is 14.8. The molecule has 2 heterocycles. The summed E-state index contributed by atoms with van der Waals surface area (Å²) in [5, 5.41) is 3.31. The van der Waals surface area contributed by atoms with Gasteiger partial charge in [-0.2, -0.15) is 0 Å². The molecule has 0 radical (unpaired) electrons. The second-order valence-corrected chi connectivity index (χ2v) is 7.74. The predicted octanol–water partition coefficient (Wildman–Crippen LogP) is 2.16. The molecule has 0 aromatic heterocycles. The van der Waals surface area contributed by atoms with Crippen LogP contribution < -0.4 is 5.32 Å². The number of hydrogen-bond donors (Lipinski definition) is 1. The molecule has 0 aromatic rings. The molecule has 1 N–H and O–H groups in total. The summed E-state index contributed by atoms with van der Waals surface area (Å²) in [7, 11) is 0. The summed E-state index contributed by atoms with van der Waals surface area (Å²) >= 11 is 0. The smallest absolute Gasteiger partial charge is 0.317 e. The van der Waals surface area contributed by atoms with Crippen LogP contribution in [0, 0.1) is 10.8 Å². The predicted molar refractivity (Wildman–Crippen MR) is 82.7 cm³/mol. The van der Waals surface area contributed by atoms with Gasteiger partial charge in [0.1, 0.15) is 0 Å². The van der Waals surface area contributed by atoms with Crippen LogP contribution in [0.3, 0.4) is 0 Å². The number of hydrogen-bond acceptors (Lipinski definition) is 3. The maximum Gasteiger partial charge on any atom is 0.317 e. The van der Waals surface area contributed by atoms with Crippen molar-refractivity contribution in [2.75, 3.05) is 32.9 Å². The van der Waals surface area contributed by atoms with Crippen molar-refractivity contribution in [2.45, 2.75) is 57.6 Å². The maximum absolute atomic E-state index is 12.6. The molecule has 4 aliphatic rings. The third-order valence-electron chi connectivity index (χ3n) is 6.65. The number of amides is 2. The number of carbonyl (C=O) groups is 1. The van der Waals surface area contributed by atoms with Crippen LogP contribution in [-0.2, 0) is 9.47 Å². The molecule has 2 aliphatic heterocycles. The molecule has 5 heteroatoms. The van der Waals surface area contributed by atoms with Crippen LogP contribution in [0.15, 0.2) is 0 Å². The van der Waals surface area contributed by atoms with Crippen LogP contribution in [0.4, 0.5) is 4.79 Å². The van der Waals surface area contributed by atoms with Gasteiger partial charge in [0.15, 0.2) is 0 Å². The highest BCUT2D eigenvalue weighted by Crippen LogP contribution is 2.57. The van der Waals surface area contributed by atoms with Crippen LogP contribution in [0.1, 0.15) is 45.4 Å². The lowest BCUT2D eigenvalue weighted by Crippen LogP contribution is -2.68. The molecule has 3 atom stereocenters. The molecule has 0 unspecified atom stereocenters. The van der Waals surface area contributed by atoms with E-state index in [1.807, 2.05) is 4.90 Å². The van der Waals surface area contributed by atoms with Crippen LogP contribution in [0.2, 0.25) is 0 Å². The molecule has 2 amide bonds. The Labute approximate surface area is 132 Å². The Morgan fingerprint density at radius 3 is 2.86 bits per heavy atom. The van der Waals surface area contributed by atoms with Gasteiger partial charge in [0.25, 0.3) is 0 Å². The zero-order chi connectivity index (χ0) is 15.2. The summed E-state index contributed by atoms with van der Waals surface area (Å²) < 4.78 is 11.4. The highest BCUT2D eigenvalue weighted by atomic mass is 16.5. The van der Waals surface area contributed by atoms with Gasteiger partial charge >= 0.3 is 6.03 Å². The number of urea groups is 1. The van der Waals surface area contributed by atoms with E-state index in [9.17, 15) is 4.79 Å². The summed E-state index contributed by atoms with van der Waals surface area (Å²) in [5.41, 5.74) is 0.499. The monoisotopic (exact) mass is 308 g/mol. The van der Waals surface area contributed by atoms with Crippen LogP contribution in [-0.4, -0.2) is 56.0 Å². The van der Waals surface area contributed by atoms with E-state index in [4.69, 9.17) is 9.47 Å². The van der Waals surface area contributed by atoms with Crippen molar-refractivity contribution < 1.29 is 14.3 Å². The molecular formula is C17H28N2O3. The Balaban J connectivity index is 1.33. The van der Waals surface area contributed by atoms with Gasteiger partial charge in [-0.05, 0) is 39.0 Å². The quantitative estimate of drug-likeness (QED) is 0.869. The standard InChI is InChI=1S/C17H28N2O3/c1-2-22-14-10-13(17(14)4-3-5-17)18-15(20)19-8-6-16(11-19)7-9-21-12-16/h13-14H,2-12H2,1H3,(H,18,20)/t13-,14-,16+/m1/s1. The first-order valence-corrected chi connectivity index (χ1v) is 8.92. The fraction of sp³-hybridized carbons (Fsp3) is 0.941. The summed E-state index contributed by atoms with van der Waals surface area (Å²) in [6.07, 6.45) is 7.25. The Kier molecular flexibility index (Phi) is 3.61. The average Bonchev–Trinajstić information content (AvgIpc) is 3.06. The Bertz CT molecular complexity index is 443. The van der Waals surface area contributed by atoms with E-state index in [-0.39, 0.29) is 16.9 Å². The van der Waals surface area contributed by atoms with Crippen molar-refractivity contribution in [3.05, 3.63) is 0 Å². The van der Waals surface area contributed by atoms with Gasteiger partial charge in [-0.3, -0.25) is 0 Å². The van der Waals surface area contributed by atoms with Gasteiger partial charge in [0.05, 0.1) is 12.7 Å². The molecule has 2 saturated heterocycles. The molecule has 4 rings (SSSR count). The van der Waals surface area contributed by atoms with Gasteiger partial charge in [0, 0.05) is 43.2 Å². The summed E-state index contributed by atoms with van der Waals surface area (Å²) in [6.45, 7) is 6.28. The van der Waals surface area contributed by atoms with E-state index < -0.39 is 0 Å². The number of rotatable bonds is 3. The van der Waals surface area contributed by atoms with Gasteiger partial charge in [0.2, 0.25) is 0 Å². The Morgan fingerprint density at radius 2 is 2.23 bits per heavy atom. The molecule has 2 aliphatic carbocycles. The van der Waals surface area contributed by atoms with Gasteiger partial charge in [-0.15, -0.1) is 0 Å². The zero-order valence-electron chi connectivity index (χ0n) is 13.6. The van der Waals surface area contributed by atoms with Gasteiger partial charge < -0.3 is 19.7 Å². The largest absolute Gasteiger partial charge is 0.381 e. The third-order valence-corrected chi connectivity index (χ3v) is 6.65. The normalized spacial score (nSPS) is 39.0. The topological polar surface area (TPSA) is 50.8 Å². The fourth-order valence-electron chi connectivity index (χ4n) is 4.96. The lowest BCUT2D eigenvalue weighted by molar-refractivity contribution is -0.169. The number of ether oxygens (including phenoxy) is 2. The van der Waals surface area contributed by atoms with Crippen molar-refractivity contribution in [1.82, 2.24) is 10.2 Å². The highest BCUT2D eigenvalue weighted by molar-refractivity contribution is 5.75. The minimum Gasteiger partial charge on any atom is -0.381 e. The molecular weight excluding hydrogens is 280 g/mol. The van der Waals surface area contributed by atoms with Crippen molar-refractivity contribution in [1.29, 1.82) is 0 Å². The number of likely N-dealkylation sites (tertiary alicyclic amines) is 1. The average molecular weight is 308 g/mol. The van der Waals surface area contributed by atoms with E-state index in [0.717, 1.165) is 52.2 Å². The van der Waals surface area contributed by atoms with Gasteiger partial charge in [-0.1, -0.05) is 6.42 Å². The zero-order valence-corrected chi connectivity index (χ0v) is 13.6. The van der Waals surface area contributed by atoms with Crippen LogP contribution >= 0.6 is 0 Å². The summed E-state index contributed by atoms with van der Waals surface area (Å²) in [4.78, 5) is 14.6. The van der Waals surface area contributed by atoms with Crippen molar-refractivity contribution in [2.24, 2.45) is 10.8 Å². The number of nitrogens with zero attached hydrogens (tertiary/aromatic N) is 1. The second kappa shape index (κ2) is 5.38. The maximum atomic E-state index is 12.6. The number of carbonyl (C=O) groups excluding carboxylic acids is 1. The fourth-order valence-corrected chi connectivity index (χ4v) is 4.96. The van der Waals surface area contributed by atoms with Crippen LogP contribution in [0.25, 0.3) is 0 Å². The molecule has 2 saturated carbocycles. The minimum atomic E-state index is 0.134. The SMILES string of the molecule is CCO[C@@H]1C[C@@H](NC(=O)N2CC[C@]3(CCOC3)C2)C12CCC2. The van der Waals surface area contributed by atoms with Crippen LogP contribution in [0.5, 0.6) is 0 Å². The van der Waals surface area contributed by atoms with E-state index in [0.29, 0.717) is 12.1 Å². The lowest BCUT2D eigenvalue weighted by atomic mass is 9.51. The first-order valence-electron chi connectivity index (χ1n) is 8.92. The number of nitrogens with one attached hydrogen (secondary N) is 1. The molecule has 5 nitrogen and oxygen atoms in total. The van der Waals surface area contributed by atoms with Crippen molar-refractivity contribution in [3.63, 3.8) is 0 Å². The molecule has 0 bridgehead atoms. The second-order valence-electron chi connectivity index (χ2n) is 7.74. The molecule has 22 heavy (non-hydrogen) atoms. The van der Waals surface area contributed by atoms with Crippen molar-refractivity contribution in [3.8, 4) is 0 Å². The highest BCUT2D eigenvalue weighted by Gasteiger charge is 2.59. The molecule has 2 spiro atoms. The summed E-state index contributed by atoms with van der Waals surface area (Å²) in [5.74, 6) is 0. The Morgan fingerprint density at radius 1 is 1.36 bits per heavy atom. The summed E-state index contributed by atoms with van der Waals surface area (Å²) in [6, 6.07) is 0.455. The third kappa shape index (κ3) is 2.16. The van der Waals surface area contributed by atoms with Gasteiger partial charge in [-0.25, -0.2) is 4.79 Å². The molecule has 4 fully saturated rings. The minimum absolute atomic E-state index is 0.134.